The fraction of sp³-hybridized carbons (Fsp3) is 0.273. The Morgan fingerprint density at radius 3 is 2.25 bits per heavy atom. The van der Waals surface area contributed by atoms with Gasteiger partial charge in [0, 0.05) is 5.54 Å². The Kier molecular flexibility index (Phi) is 4.24. The lowest BCUT2D eigenvalue weighted by atomic mass is 10.1. The van der Waals surface area contributed by atoms with E-state index in [-0.39, 0.29) is 5.56 Å². The Morgan fingerprint density at radius 2 is 1.88 bits per heavy atom. The maximum Gasteiger partial charge on any atom is 0.417 e. The summed E-state index contributed by atoms with van der Waals surface area (Å²) >= 11 is 5.17. The number of rotatable bonds is 3. The van der Waals surface area contributed by atoms with Crippen molar-refractivity contribution in [1.29, 1.82) is 0 Å². The number of halogens is 4. The molecule has 1 rings (SSSR count). The molecule has 0 atom stereocenters. The molecule has 0 radical (unpaired) electrons. The van der Waals surface area contributed by atoms with Gasteiger partial charge in [-0.15, -0.1) is 0 Å². The van der Waals surface area contributed by atoms with Crippen LogP contribution in [0.25, 0.3) is 5.57 Å². The molecule has 0 aromatic heterocycles. The number of benzene rings is 1. The molecule has 0 heterocycles. The molecule has 1 aromatic carbocycles. The average molecular weight is 251 g/mol. The molecule has 5 heteroatoms. The van der Waals surface area contributed by atoms with E-state index in [0.29, 0.717) is 17.9 Å². The normalized spacial score (nSPS) is 12.7. The molecular weight excluding hydrogens is 241 g/mol. The third kappa shape index (κ3) is 3.17. The molecule has 0 aliphatic carbocycles. The van der Waals surface area contributed by atoms with Crippen LogP contribution in [0.4, 0.5) is 13.2 Å². The van der Waals surface area contributed by atoms with Gasteiger partial charge >= 0.3 is 6.18 Å². The van der Waals surface area contributed by atoms with Crippen LogP contribution in [0.3, 0.4) is 0 Å². The molecule has 1 nitrogen and oxygen atoms in total. The second kappa shape index (κ2) is 5.25. The largest absolute Gasteiger partial charge is 0.494 e. The smallest absolute Gasteiger partial charge is 0.417 e. The molecule has 0 unspecified atom stereocenters. The van der Waals surface area contributed by atoms with Gasteiger partial charge in [0.1, 0.15) is 5.75 Å². The first-order valence-corrected chi connectivity index (χ1v) is 5.03. The fourth-order valence-electron chi connectivity index (χ4n) is 1.19. The summed E-state index contributed by atoms with van der Waals surface area (Å²) < 4.78 is 42.5. The molecule has 0 amide bonds. The number of alkyl halides is 3. The number of hydrogen-bond acceptors (Lipinski definition) is 1. The average Bonchev–Trinajstić information content (AvgIpc) is 2.20. The molecule has 16 heavy (non-hydrogen) atoms. The Morgan fingerprint density at radius 1 is 1.31 bits per heavy atom. The van der Waals surface area contributed by atoms with Crippen molar-refractivity contribution in [2.75, 3.05) is 6.61 Å². The zero-order valence-corrected chi connectivity index (χ0v) is 9.27. The summed E-state index contributed by atoms with van der Waals surface area (Å²) in [5.41, 5.74) is -0.307. The summed E-state index contributed by atoms with van der Waals surface area (Å²) in [7, 11) is 0. The van der Waals surface area contributed by atoms with E-state index in [0.717, 1.165) is 0 Å². The highest BCUT2D eigenvalue weighted by molar-refractivity contribution is 6.28. The summed E-state index contributed by atoms with van der Waals surface area (Å²) in [6, 6.07) is 5.61. The van der Waals surface area contributed by atoms with Crippen LogP contribution < -0.4 is 4.74 Å². The van der Waals surface area contributed by atoms with Crippen molar-refractivity contribution < 1.29 is 17.9 Å². The molecular formula is C11H10ClF3O. The van der Waals surface area contributed by atoms with Crippen molar-refractivity contribution in [1.82, 2.24) is 0 Å². The van der Waals surface area contributed by atoms with Crippen molar-refractivity contribution in [3.63, 3.8) is 0 Å². The first-order chi connectivity index (χ1) is 7.49. The highest BCUT2D eigenvalue weighted by atomic mass is 35.5. The monoisotopic (exact) mass is 250 g/mol. The predicted molar refractivity (Wildman–Crippen MR) is 57.5 cm³/mol. The maximum absolute atomic E-state index is 12.5. The zero-order chi connectivity index (χ0) is 12.2. The fourth-order valence-corrected chi connectivity index (χ4v) is 1.44. The molecule has 0 saturated heterocycles. The predicted octanol–water partition coefficient (Wildman–Crippen LogP) is 4.23. The van der Waals surface area contributed by atoms with Gasteiger partial charge in [-0.25, -0.2) is 0 Å². The van der Waals surface area contributed by atoms with E-state index < -0.39 is 11.7 Å². The summed E-state index contributed by atoms with van der Waals surface area (Å²) in [6.07, 6.45) is -4.45. The van der Waals surface area contributed by atoms with Gasteiger partial charge in [-0.05, 0) is 24.6 Å². The van der Waals surface area contributed by atoms with E-state index in [2.05, 4.69) is 0 Å². The number of hydrogen-bond donors (Lipinski definition) is 0. The third-order valence-electron chi connectivity index (χ3n) is 1.89. The molecule has 0 aliphatic rings. The minimum absolute atomic E-state index is 0.0194. The van der Waals surface area contributed by atoms with Crippen LogP contribution in [0.1, 0.15) is 12.5 Å². The van der Waals surface area contributed by atoms with Crippen LogP contribution in [0.2, 0.25) is 0 Å². The first kappa shape index (κ1) is 12.9. The van der Waals surface area contributed by atoms with E-state index in [4.69, 9.17) is 16.3 Å². The minimum Gasteiger partial charge on any atom is -0.494 e. The van der Waals surface area contributed by atoms with Gasteiger partial charge in [-0.3, -0.25) is 0 Å². The highest BCUT2D eigenvalue weighted by Gasteiger charge is 2.34. The van der Waals surface area contributed by atoms with Gasteiger partial charge in [0.25, 0.3) is 0 Å². The van der Waals surface area contributed by atoms with Gasteiger partial charge in [0.2, 0.25) is 0 Å². The lowest BCUT2D eigenvalue weighted by molar-refractivity contribution is -0.0687. The van der Waals surface area contributed by atoms with Crippen molar-refractivity contribution in [3.8, 4) is 5.75 Å². The van der Waals surface area contributed by atoms with E-state index >= 15 is 0 Å². The SMILES string of the molecule is CCOc1ccc(C(=CCl)C(F)(F)F)cc1. The Balaban J connectivity index is 2.97. The number of allylic oxidation sites excluding steroid dienone is 1. The molecule has 88 valence electrons. The highest BCUT2D eigenvalue weighted by Crippen LogP contribution is 2.34. The lowest BCUT2D eigenvalue weighted by Crippen LogP contribution is -2.10. The van der Waals surface area contributed by atoms with Crippen molar-refractivity contribution in [2.24, 2.45) is 0 Å². The molecule has 1 aromatic rings. The summed E-state index contributed by atoms with van der Waals surface area (Å²) in [5.74, 6) is 0.530. The molecule has 0 aliphatic heterocycles. The van der Waals surface area contributed by atoms with Crippen molar-refractivity contribution in [3.05, 3.63) is 35.4 Å². The van der Waals surface area contributed by atoms with Gasteiger partial charge < -0.3 is 4.74 Å². The molecule has 0 spiro atoms. The van der Waals surface area contributed by atoms with Crippen molar-refractivity contribution >= 4 is 17.2 Å². The Labute approximate surface area is 96.5 Å². The van der Waals surface area contributed by atoms with Crippen LogP contribution in [0.5, 0.6) is 5.75 Å². The van der Waals surface area contributed by atoms with E-state index in [9.17, 15) is 13.2 Å². The van der Waals surface area contributed by atoms with Crippen LogP contribution in [-0.4, -0.2) is 12.8 Å². The van der Waals surface area contributed by atoms with Gasteiger partial charge in [0.15, 0.2) is 0 Å². The van der Waals surface area contributed by atoms with Crippen molar-refractivity contribution in [2.45, 2.75) is 13.1 Å². The lowest BCUT2D eigenvalue weighted by Gasteiger charge is -2.11. The van der Waals surface area contributed by atoms with Gasteiger partial charge in [-0.2, -0.15) is 13.2 Å². The summed E-state index contributed by atoms with van der Waals surface area (Å²) in [6.45, 7) is 2.27. The second-order valence-electron chi connectivity index (χ2n) is 2.98. The van der Waals surface area contributed by atoms with Gasteiger partial charge in [0.05, 0.1) is 12.2 Å². The molecule has 0 saturated carbocycles. The Bertz CT molecular complexity index is 368. The summed E-state index contributed by atoms with van der Waals surface area (Å²) in [4.78, 5) is 0. The maximum atomic E-state index is 12.5. The van der Waals surface area contributed by atoms with Crippen LogP contribution in [-0.2, 0) is 0 Å². The third-order valence-corrected chi connectivity index (χ3v) is 2.11. The quantitative estimate of drug-likeness (QED) is 0.780. The molecule has 0 N–H and O–H groups in total. The Hall–Kier alpha value is -1.16. The second-order valence-corrected chi connectivity index (χ2v) is 3.20. The molecule has 0 fully saturated rings. The van der Waals surface area contributed by atoms with Crippen LogP contribution in [0.15, 0.2) is 29.8 Å². The minimum atomic E-state index is -4.45. The standard InChI is InChI=1S/C11H10ClF3O/c1-2-16-9-5-3-8(4-6-9)10(7-12)11(13,14)15/h3-7H,2H2,1H3. The van der Waals surface area contributed by atoms with E-state index in [1.54, 1.807) is 6.92 Å². The molecule has 0 bridgehead atoms. The summed E-state index contributed by atoms with van der Waals surface area (Å²) in [5, 5.41) is 0. The zero-order valence-electron chi connectivity index (χ0n) is 8.51. The number of ether oxygens (including phenoxy) is 1. The van der Waals surface area contributed by atoms with Gasteiger partial charge in [-0.1, -0.05) is 23.7 Å². The topological polar surface area (TPSA) is 9.23 Å². The first-order valence-electron chi connectivity index (χ1n) is 4.60. The van der Waals surface area contributed by atoms with E-state index in [1.165, 1.54) is 24.3 Å². The van der Waals surface area contributed by atoms with E-state index in [1.807, 2.05) is 0 Å². The van der Waals surface area contributed by atoms with Crippen LogP contribution in [0, 0.1) is 0 Å². The van der Waals surface area contributed by atoms with Crippen LogP contribution >= 0.6 is 11.6 Å².